The minimum Gasteiger partial charge on any atom is -0.457 e. The fourth-order valence-corrected chi connectivity index (χ4v) is 5.36. The van der Waals surface area contributed by atoms with Gasteiger partial charge in [-0.15, -0.1) is 0 Å². The fourth-order valence-electron chi connectivity index (χ4n) is 5.01. The van der Waals surface area contributed by atoms with Crippen molar-refractivity contribution < 1.29 is 4.74 Å². The van der Waals surface area contributed by atoms with Crippen molar-refractivity contribution in [3.63, 3.8) is 0 Å². The molecule has 0 unspecified atom stereocenters. The van der Waals surface area contributed by atoms with Gasteiger partial charge in [-0.1, -0.05) is 24.3 Å². The molecule has 39 heavy (non-hydrogen) atoms. The first-order valence-corrected chi connectivity index (χ1v) is 13.3. The highest BCUT2D eigenvalue weighted by Gasteiger charge is 2.42. The van der Waals surface area contributed by atoms with Crippen molar-refractivity contribution in [1.82, 2.24) is 14.9 Å². The Morgan fingerprint density at radius 2 is 1.46 bits per heavy atom. The number of ether oxygens (including phenoxy) is 1. The Bertz CT molecular complexity index is 1550. The lowest BCUT2D eigenvalue weighted by atomic mass is 10.0. The number of rotatable bonds is 7. The molecule has 5 aromatic rings. The van der Waals surface area contributed by atoms with Gasteiger partial charge < -0.3 is 24.4 Å². The highest BCUT2D eigenvalue weighted by Crippen LogP contribution is 2.42. The summed E-state index contributed by atoms with van der Waals surface area (Å²) in [6.07, 6.45) is 3.93. The second kappa shape index (κ2) is 10.6. The van der Waals surface area contributed by atoms with Gasteiger partial charge in [-0.05, 0) is 97.1 Å². The van der Waals surface area contributed by atoms with Crippen LogP contribution in [-0.2, 0) is 0 Å². The molecule has 2 atom stereocenters. The van der Waals surface area contributed by atoms with Crippen LogP contribution >= 0.6 is 12.2 Å². The Balaban J connectivity index is 1.39. The van der Waals surface area contributed by atoms with Gasteiger partial charge in [-0.3, -0.25) is 4.98 Å². The summed E-state index contributed by atoms with van der Waals surface area (Å²) in [6, 6.07) is 36.4. The minimum atomic E-state index is -0.131. The van der Waals surface area contributed by atoms with Crippen LogP contribution in [0.15, 0.2) is 122 Å². The number of nitrogens with zero attached hydrogens (tertiary/aromatic N) is 4. The van der Waals surface area contributed by atoms with Crippen molar-refractivity contribution in [3.05, 3.63) is 133 Å². The Hall–Kier alpha value is -4.62. The second-order valence-corrected chi connectivity index (χ2v) is 10.0. The molecule has 194 valence electrons. The summed E-state index contributed by atoms with van der Waals surface area (Å²) in [6.45, 7) is 0. The van der Waals surface area contributed by atoms with Crippen LogP contribution in [0.3, 0.4) is 0 Å². The molecule has 0 radical (unpaired) electrons. The number of pyridine rings is 1. The summed E-state index contributed by atoms with van der Waals surface area (Å²) in [7, 11) is 4.10. The molecule has 6 nitrogen and oxygen atoms in total. The molecule has 0 amide bonds. The van der Waals surface area contributed by atoms with Crippen molar-refractivity contribution in [2.75, 3.05) is 23.9 Å². The van der Waals surface area contributed by atoms with E-state index in [1.165, 1.54) is 0 Å². The van der Waals surface area contributed by atoms with Gasteiger partial charge >= 0.3 is 0 Å². The smallest absolute Gasteiger partial charge is 0.174 e. The topological polar surface area (TPSA) is 45.6 Å². The number of benzene rings is 3. The molecule has 0 spiro atoms. The standard InChI is InChI=1S/C32H29N5OS/c1-35(2)23-13-15-24(16-14-23)36-22-8-12-29(36)31-30(28-11-6-7-21-33-28)34-32(39)37(31)25-17-19-27(20-18-25)38-26-9-4-3-5-10-26/h3-22,30-31H,1-2H3,(H,34,39)/t30-,31-/m1/s1. The van der Waals surface area contributed by atoms with E-state index in [0.29, 0.717) is 5.11 Å². The number of nitrogens with one attached hydrogen (secondary N) is 1. The summed E-state index contributed by atoms with van der Waals surface area (Å²) in [5.41, 5.74) is 5.27. The minimum absolute atomic E-state index is 0.128. The molecule has 6 rings (SSSR count). The van der Waals surface area contributed by atoms with Gasteiger partial charge in [0.1, 0.15) is 17.5 Å². The zero-order chi connectivity index (χ0) is 26.8. The van der Waals surface area contributed by atoms with Gasteiger partial charge in [0.15, 0.2) is 5.11 Å². The van der Waals surface area contributed by atoms with E-state index in [1.54, 1.807) is 0 Å². The molecular weight excluding hydrogens is 502 g/mol. The molecule has 2 aromatic heterocycles. The Morgan fingerprint density at radius 3 is 2.15 bits per heavy atom. The van der Waals surface area contributed by atoms with Gasteiger partial charge in [0, 0.05) is 49.2 Å². The molecule has 7 heteroatoms. The highest BCUT2D eigenvalue weighted by molar-refractivity contribution is 7.80. The highest BCUT2D eigenvalue weighted by atomic mass is 32.1. The second-order valence-electron chi connectivity index (χ2n) is 9.62. The molecule has 0 saturated carbocycles. The largest absolute Gasteiger partial charge is 0.457 e. The molecule has 3 heterocycles. The van der Waals surface area contributed by atoms with Crippen molar-refractivity contribution in [2.45, 2.75) is 12.1 Å². The quantitative estimate of drug-likeness (QED) is 0.230. The summed E-state index contributed by atoms with van der Waals surface area (Å²) in [4.78, 5) is 8.98. The molecule has 3 aromatic carbocycles. The Kier molecular flexibility index (Phi) is 6.73. The molecule has 1 N–H and O–H groups in total. The molecule has 1 saturated heterocycles. The normalized spacial score (nSPS) is 16.7. The summed E-state index contributed by atoms with van der Waals surface area (Å²) in [5, 5.41) is 4.21. The van der Waals surface area contributed by atoms with Crippen LogP contribution in [0.5, 0.6) is 11.5 Å². The van der Waals surface area contributed by atoms with E-state index in [-0.39, 0.29) is 12.1 Å². The predicted molar refractivity (Wildman–Crippen MR) is 161 cm³/mol. The van der Waals surface area contributed by atoms with E-state index < -0.39 is 0 Å². The first-order valence-electron chi connectivity index (χ1n) is 12.9. The van der Waals surface area contributed by atoms with Gasteiger partial charge in [0.2, 0.25) is 0 Å². The Labute approximate surface area is 234 Å². The molecule has 0 bridgehead atoms. The van der Waals surface area contributed by atoms with E-state index in [2.05, 4.69) is 74.4 Å². The molecular formula is C32H29N5OS. The van der Waals surface area contributed by atoms with E-state index in [9.17, 15) is 0 Å². The van der Waals surface area contributed by atoms with Crippen molar-refractivity contribution >= 4 is 28.7 Å². The summed E-state index contributed by atoms with van der Waals surface area (Å²) in [5.74, 6) is 1.57. The third-order valence-corrected chi connectivity index (χ3v) is 7.23. The van der Waals surface area contributed by atoms with Crippen LogP contribution in [0, 0.1) is 0 Å². The van der Waals surface area contributed by atoms with Gasteiger partial charge in [-0.2, -0.15) is 0 Å². The van der Waals surface area contributed by atoms with Crippen LogP contribution in [-0.4, -0.2) is 28.8 Å². The number of hydrogen-bond donors (Lipinski definition) is 1. The van der Waals surface area contributed by atoms with Gasteiger partial charge in [-0.25, -0.2) is 0 Å². The number of para-hydroxylation sites is 1. The molecule has 1 aliphatic rings. The van der Waals surface area contributed by atoms with E-state index in [1.807, 2.05) is 81.0 Å². The van der Waals surface area contributed by atoms with E-state index in [4.69, 9.17) is 21.9 Å². The van der Waals surface area contributed by atoms with Crippen LogP contribution in [0.4, 0.5) is 11.4 Å². The maximum absolute atomic E-state index is 6.03. The monoisotopic (exact) mass is 531 g/mol. The van der Waals surface area contributed by atoms with E-state index >= 15 is 0 Å². The van der Waals surface area contributed by atoms with Gasteiger partial charge in [0.25, 0.3) is 0 Å². The molecule has 1 aliphatic heterocycles. The number of anilines is 2. The zero-order valence-corrected chi connectivity index (χ0v) is 22.6. The number of aromatic nitrogens is 2. The molecule has 0 aliphatic carbocycles. The zero-order valence-electron chi connectivity index (χ0n) is 21.8. The summed E-state index contributed by atoms with van der Waals surface area (Å²) >= 11 is 5.94. The van der Waals surface area contributed by atoms with Crippen molar-refractivity contribution in [3.8, 4) is 17.2 Å². The van der Waals surface area contributed by atoms with Crippen molar-refractivity contribution in [2.24, 2.45) is 0 Å². The number of hydrogen-bond acceptors (Lipinski definition) is 4. The lowest BCUT2D eigenvalue weighted by Gasteiger charge is -2.29. The lowest BCUT2D eigenvalue weighted by molar-refractivity contribution is 0.482. The van der Waals surface area contributed by atoms with Crippen LogP contribution in [0.25, 0.3) is 5.69 Å². The fraction of sp³-hybridized carbons (Fsp3) is 0.125. The van der Waals surface area contributed by atoms with Crippen LogP contribution in [0.2, 0.25) is 0 Å². The lowest BCUT2D eigenvalue weighted by Crippen LogP contribution is -2.30. The average Bonchev–Trinajstić information content (AvgIpc) is 3.59. The van der Waals surface area contributed by atoms with Crippen LogP contribution < -0.4 is 19.9 Å². The van der Waals surface area contributed by atoms with Crippen LogP contribution in [0.1, 0.15) is 23.5 Å². The van der Waals surface area contributed by atoms with Crippen molar-refractivity contribution in [1.29, 1.82) is 0 Å². The maximum atomic E-state index is 6.03. The predicted octanol–water partition coefficient (Wildman–Crippen LogP) is 6.91. The van der Waals surface area contributed by atoms with E-state index in [0.717, 1.165) is 39.9 Å². The first-order chi connectivity index (χ1) is 19.1. The number of thiocarbonyl (C=S) groups is 1. The molecule has 1 fully saturated rings. The SMILES string of the molecule is CN(C)c1ccc(-n2cccc2[C@@H]2[C@@H](c3ccccn3)NC(=S)N2c2ccc(Oc3ccccc3)cc2)cc1. The first kappa shape index (κ1) is 24.7. The average molecular weight is 532 g/mol. The third-order valence-electron chi connectivity index (χ3n) is 6.92. The third kappa shape index (κ3) is 4.96. The Morgan fingerprint density at radius 1 is 0.769 bits per heavy atom. The summed E-state index contributed by atoms with van der Waals surface area (Å²) < 4.78 is 8.26. The maximum Gasteiger partial charge on any atom is 0.174 e. The van der Waals surface area contributed by atoms with Gasteiger partial charge in [0.05, 0.1) is 11.7 Å².